The second kappa shape index (κ2) is 6.00. The Balaban J connectivity index is 2.88. The molecule has 0 N–H and O–H groups in total. The lowest BCUT2D eigenvalue weighted by Crippen LogP contribution is -2.05. The molecular formula is C12H16O4. The summed E-state index contributed by atoms with van der Waals surface area (Å²) in [6, 6.07) is 5.39. The van der Waals surface area contributed by atoms with Gasteiger partial charge in [-0.05, 0) is 24.6 Å². The summed E-state index contributed by atoms with van der Waals surface area (Å²) in [5.41, 5.74) is 0.844. The molecule has 0 aliphatic carbocycles. The first kappa shape index (κ1) is 12.4. The van der Waals surface area contributed by atoms with E-state index in [4.69, 9.17) is 9.47 Å². The van der Waals surface area contributed by atoms with Crippen molar-refractivity contribution in [2.75, 3.05) is 20.8 Å². The van der Waals surface area contributed by atoms with E-state index in [-0.39, 0.29) is 12.4 Å². The van der Waals surface area contributed by atoms with E-state index >= 15 is 0 Å². The third-order valence-corrected chi connectivity index (χ3v) is 2.10. The summed E-state index contributed by atoms with van der Waals surface area (Å²) in [6.45, 7) is 2.45. The Morgan fingerprint density at radius 2 is 2.00 bits per heavy atom. The molecule has 4 nitrogen and oxygen atoms in total. The Kier molecular flexibility index (Phi) is 4.64. The third-order valence-electron chi connectivity index (χ3n) is 2.10. The van der Waals surface area contributed by atoms with Crippen LogP contribution in [0.4, 0.5) is 0 Å². The van der Waals surface area contributed by atoms with Crippen molar-refractivity contribution in [3.05, 3.63) is 23.8 Å². The van der Waals surface area contributed by atoms with Gasteiger partial charge in [0, 0.05) is 0 Å². The summed E-state index contributed by atoms with van der Waals surface area (Å²) in [7, 11) is 2.95. The lowest BCUT2D eigenvalue weighted by Gasteiger charge is -2.10. The molecule has 0 atom stereocenters. The number of carbonyl (C=O) groups excluding carboxylic acids is 1. The van der Waals surface area contributed by atoms with Crippen molar-refractivity contribution in [1.82, 2.24) is 0 Å². The predicted molar refractivity (Wildman–Crippen MR) is 59.9 cm³/mol. The molecular weight excluding hydrogens is 208 g/mol. The van der Waals surface area contributed by atoms with Gasteiger partial charge in [-0.1, -0.05) is 6.07 Å². The minimum absolute atomic E-state index is 0.237. The van der Waals surface area contributed by atoms with Crippen LogP contribution in [0.1, 0.15) is 12.5 Å². The maximum Gasteiger partial charge on any atom is 0.309 e. The zero-order valence-corrected chi connectivity index (χ0v) is 9.78. The molecule has 0 spiro atoms. The highest BCUT2D eigenvalue weighted by Crippen LogP contribution is 2.28. The fraction of sp³-hybridized carbons (Fsp3) is 0.417. The van der Waals surface area contributed by atoms with E-state index in [1.54, 1.807) is 19.2 Å². The second-order valence-electron chi connectivity index (χ2n) is 3.17. The van der Waals surface area contributed by atoms with Crippen LogP contribution >= 0.6 is 0 Å². The number of benzene rings is 1. The first-order valence-corrected chi connectivity index (χ1v) is 5.07. The molecule has 0 aliphatic heterocycles. The molecule has 1 aromatic carbocycles. The Bertz CT molecular complexity index is 360. The Morgan fingerprint density at radius 3 is 2.56 bits per heavy atom. The molecule has 0 heterocycles. The number of rotatable bonds is 5. The van der Waals surface area contributed by atoms with E-state index in [0.29, 0.717) is 18.1 Å². The largest absolute Gasteiger partial charge is 0.493 e. The van der Waals surface area contributed by atoms with E-state index in [1.807, 2.05) is 13.0 Å². The fourth-order valence-corrected chi connectivity index (χ4v) is 1.34. The SMILES string of the molecule is CCOc1cc(CC(=O)OC)ccc1OC. The lowest BCUT2D eigenvalue weighted by atomic mass is 10.1. The van der Waals surface area contributed by atoms with Crippen LogP contribution in [0.5, 0.6) is 11.5 Å². The summed E-state index contributed by atoms with van der Waals surface area (Å²) in [5, 5.41) is 0. The summed E-state index contributed by atoms with van der Waals surface area (Å²) in [4.78, 5) is 11.1. The van der Waals surface area contributed by atoms with Crippen molar-refractivity contribution in [2.24, 2.45) is 0 Å². The lowest BCUT2D eigenvalue weighted by molar-refractivity contribution is -0.139. The molecule has 0 saturated heterocycles. The normalized spacial score (nSPS) is 9.69. The molecule has 0 fully saturated rings. The molecule has 0 aromatic heterocycles. The zero-order valence-electron chi connectivity index (χ0n) is 9.78. The van der Waals surface area contributed by atoms with Gasteiger partial charge in [-0.15, -0.1) is 0 Å². The van der Waals surface area contributed by atoms with E-state index in [2.05, 4.69) is 4.74 Å². The van der Waals surface area contributed by atoms with Crippen molar-refractivity contribution >= 4 is 5.97 Å². The van der Waals surface area contributed by atoms with Crippen LogP contribution in [0.3, 0.4) is 0 Å². The maximum atomic E-state index is 11.1. The molecule has 0 saturated carbocycles. The molecule has 0 aliphatic rings. The van der Waals surface area contributed by atoms with Crippen molar-refractivity contribution in [3.63, 3.8) is 0 Å². The number of esters is 1. The van der Waals surface area contributed by atoms with Crippen LogP contribution in [0.2, 0.25) is 0 Å². The summed E-state index contributed by atoms with van der Waals surface area (Å²) >= 11 is 0. The molecule has 1 aromatic rings. The van der Waals surface area contributed by atoms with Crippen molar-refractivity contribution in [3.8, 4) is 11.5 Å². The van der Waals surface area contributed by atoms with Crippen LogP contribution < -0.4 is 9.47 Å². The van der Waals surface area contributed by atoms with Crippen molar-refractivity contribution in [2.45, 2.75) is 13.3 Å². The van der Waals surface area contributed by atoms with Gasteiger partial charge in [-0.25, -0.2) is 0 Å². The molecule has 0 unspecified atom stereocenters. The summed E-state index contributed by atoms with van der Waals surface area (Å²) in [5.74, 6) is 1.04. The minimum atomic E-state index is -0.271. The van der Waals surface area contributed by atoms with Gasteiger partial charge in [0.15, 0.2) is 11.5 Å². The monoisotopic (exact) mass is 224 g/mol. The molecule has 16 heavy (non-hydrogen) atoms. The highest BCUT2D eigenvalue weighted by Gasteiger charge is 2.08. The van der Waals surface area contributed by atoms with Crippen LogP contribution in [-0.2, 0) is 16.0 Å². The Morgan fingerprint density at radius 1 is 1.25 bits per heavy atom. The Labute approximate surface area is 95.1 Å². The van der Waals surface area contributed by atoms with Crippen LogP contribution in [-0.4, -0.2) is 26.8 Å². The minimum Gasteiger partial charge on any atom is -0.493 e. The molecule has 0 bridgehead atoms. The average Bonchev–Trinajstić information content (AvgIpc) is 2.30. The molecule has 4 heteroatoms. The van der Waals surface area contributed by atoms with Crippen LogP contribution in [0.25, 0.3) is 0 Å². The van der Waals surface area contributed by atoms with Crippen molar-refractivity contribution < 1.29 is 19.0 Å². The standard InChI is InChI=1S/C12H16O4/c1-4-16-11-7-9(8-12(13)15-3)5-6-10(11)14-2/h5-7H,4,8H2,1-3H3. The fourth-order valence-electron chi connectivity index (χ4n) is 1.34. The number of methoxy groups -OCH3 is 2. The number of carbonyl (C=O) groups is 1. The average molecular weight is 224 g/mol. The molecule has 0 radical (unpaired) electrons. The van der Waals surface area contributed by atoms with Gasteiger partial charge in [0.1, 0.15) is 0 Å². The van der Waals surface area contributed by atoms with Gasteiger partial charge >= 0.3 is 5.97 Å². The first-order chi connectivity index (χ1) is 7.71. The van der Waals surface area contributed by atoms with Gasteiger partial charge in [0.2, 0.25) is 0 Å². The van der Waals surface area contributed by atoms with Crippen LogP contribution in [0.15, 0.2) is 18.2 Å². The quantitative estimate of drug-likeness (QED) is 0.715. The van der Waals surface area contributed by atoms with E-state index < -0.39 is 0 Å². The van der Waals surface area contributed by atoms with Gasteiger partial charge < -0.3 is 14.2 Å². The summed E-state index contributed by atoms with van der Waals surface area (Å²) < 4.78 is 15.1. The second-order valence-corrected chi connectivity index (χ2v) is 3.17. The molecule has 88 valence electrons. The zero-order chi connectivity index (χ0) is 12.0. The molecule has 1 rings (SSSR count). The topological polar surface area (TPSA) is 44.8 Å². The van der Waals surface area contributed by atoms with Gasteiger partial charge in [0.05, 0.1) is 27.2 Å². The maximum absolute atomic E-state index is 11.1. The smallest absolute Gasteiger partial charge is 0.309 e. The van der Waals surface area contributed by atoms with E-state index in [1.165, 1.54) is 7.11 Å². The first-order valence-electron chi connectivity index (χ1n) is 5.07. The number of hydrogen-bond donors (Lipinski definition) is 0. The highest BCUT2D eigenvalue weighted by atomic mass is 16.5. The van der Waals surface area contributed by atoms with Crippen LogP contribution in [0, 0.1) is 0 Å². The van der Waals surface area contributed by atoms with Gasteiger partial charge in [-0.3, -0.25) is 4.79 Å². The molecule has 0 amide bonds. The van der Waals surface area contributed by atoms with Gasteiger partial charge in [0.25, 0.3) is 0 Å². The van der Waals surface area contributed by atoms with E-state index in [9.17, 15) is 4.79 Å². The number of hydrogen-bond acceptors (Lipinski definition) is 4. The Hall–Kier alpha value is -1.71. The highest BCUT2D eigenvalue weighted by molar-refractivity contribution is 5.72. The predicted octanol–water partition coefficient (Wildman–Crippen LogP) is 1.81. The third kappa shape index (κ3) is 3.15. The number of ether oxygens (including phenoxy) is 3. The van der Waals surface area contributed by atoms with E-state index in [0.717, 1.165) is 5.56 Å². The van der Waals surface area contributed by atoms with Gasteiger partial charge in [-0.2, -0.15) is 0 Å². The van der Waals surface area contributed by atoms with Crippen molar-refractivity contribution in [1.29, 1.82) is 0 Å². The summed E-state index contributed by atoms with van der Waals surface area (Å²) in [6.07, 6.45) is 0.237.